The number of aromatic nitrogens is 1. The lowest BCUT2D eigenvalue weighted by Gasteiger charge is -2.18. The number of hydrogen-bond donors (Lipinski definition) is 1. The fourth-order valence-corrected chi connectivity index (χ4v) is 2.63. The van der Waals surface area contributed by atoms with Gasteiger partial charge in [0.25, 0.3) is 5.56 Å². The number of hydrogen-bond acceptors (Lipinski definition) is 2. The molecule has 110 valence electrons. The van der Waals surface area contributed by atoms with Crippen LogP contribution in [0.1, 0.15) is 40.0 Å². The van der Waals surface area contributed by atoms with Crippen LogP contribution in [0, 0.1) is 13.8 Å². The topological polar surface area (TPSA) is 59.3 Å². The first-order chi connectivity index (χ1) is 9.91. The number of aromatic carboxylic acids is 1. The molecule has 1 atom stereocenters. The van der Waals surface area contributed by atoms with Crippen LogP contribution in [0.2, 0.25) is 0 Å². The van der Waals surface area contributed by atoms with Crippen molar-refractivity contribution in [2.45, 2.75) is 33.2 Å². The third kappa shape index (κ3) is 3.05. The van der Waals surface area contributed by atoms with E-state index in [-0.39, 0.29) is 17.0 Å². The Balaban J connectivity index is 2.43. The van der Waals surface area contributed by atoms with Crippen LogP contribution in [-0.4, -0.2) is 15.6 Å². The minimum Gasteiger partial charge on any atom is -0.478 e. The van der Waals surface area contributed by atoms with Crippen LogP contribution in [0.3, 0.4) is 0 Å². The molecule has 2 rings (SSSR count). The highest BCUT2D eigenvalue weighted by Gasteiger charge is 2.17. The Morgan fingerprint density at radius 3 is 2.43 bits per heavy atom. The number of carbonyl (C=O) groups is 1. The summed E-state index contributed by atoms with van der Waals surface area (Å²) < 4.78 is 1.55. The van der Waals surface area contributed by atoms with Crippen molar-refractivity contribution in [2.24, 2.45) is 0 Å². The average molecular weight is 285 g/mol. The molecule has 1 N–H and O–H groups in total. The van der Waals surface area contributed by atoms with Gasteiger partial charge in [0.1, 0.15) is 0 Å². The quantitative estimate of drug-likeness (QED) is 0.939. The highest BCUT2D eigenvalue weighted by atomic mass is 16.4. The zero-order valence-corrected chi connectivity index (χ0v) is 12.5. The van der Waals surface area contributed by atoms with Crippen molar-refractivity contribution in [2.75, 3.05) is 0 Å². The van der Waals surface area contributed by atoms with Gasteiger partial charge in [0.15, 0.2) is 0 Å². The summed E-state index contributed by atoms with van der Waals surface area (Å²) in [5, 5.41) is 9.30. The molecule has 1 aromatic heterocycles. The molecule has 0 saturated heterocycles. The lowest BCUT2D eigenvalue weighted by molar-refractivity contribution is 0.0694. The van der Waals surface area contributed by atoms with Crippen molar-refractivity contribution in [3.05, 3.63) is 69.1 Å². The van der Waals surface area contributed by atoms with Crippen molar-refractivity contribution >= 4 is 5.97 Å². The summed E-state index contributed by atoms with van der Waals surface area (Å²) in [6.45, 7) is 5.84. The first kappa shape index (κ1) is 15.0. The molecule has 0 radical (unpaired) electrons. The van der Waals surface area contributed by atoms with Gasteiger partial charge in [-0.05, 0) is 30.9 Å². The summed E-state index contributed by atoms with van der Waals surface area (Å²) >= 11 is 0. The fraction of sp³-hybridized carbons (Fsp3) is 0.294. The Hall–Kier alpha value is -2.36. The molecule has 0 saturated carbocycles. The van der Waals surface area contributed by atoms with Crippen LogP contribution in [0.5, 0.6) is 0 Å². The Labute approximate surface area is 123 Å². The van der Waals surface area contributed by atoms with Gasteiger partial charge in [0, 0.05) is 18.3 Å². The van der Waals surface area contributed by atoms with E-state index in [0.29, 0.717) is 17.8 Å². The second kappa shape index (κ2) is 5.95. The van der Waals surface area contributed by atoms with E-state index in [9.17, 15) is 14.7 Å². The lowest BCUT2D eigenvalue weighted by atomic mass is 10.0. The van der Waals surface area contributed by atoms with E-state index in [1.165, 1.54) is 6.07 Å². The van der Waals surface area contributed by atoms with Gasteiger partial charge in [-0.3, -0.25) is 4.79 Å². The van der Waals surface area contributed by atoms with Crippen molar-refractivity contribution in [1.82, 2.24) is 4.57 Å². The molecule has 0 aliphatic carbocycles. The molecule has 2 aromatic rings. The summed E-state index contributed by atoms with van der Waals surface area (Å²) in [4.78, 5) is 23.5. The normalized spacial score (nSPS) is 12.1. The molecule has 0 fully saturated rings. The number of pyridine rings is 1. The molecule has 1 aromatic carbocycles. The maximum absolute atomic E-state index is 12.2. The van der Waals surface area contributed by atoms with Crippen molar-refractivity contribution in [3.63, 3.8) is 0 Å². The molecule has 0 aliphatic rings. The first-order valence-corrected chi connectivity index (χ1v) is 6.91. The van der Waals surface area contributed by atoms with Gasteiger partial charge in [-0.25, -0.2) is 4.79 Å². The molecule has 4 heteroatoms. The third-order valence-corrected chi connectivity index (χ3v) is 3.81. The average Bonchev–Trinajstić information content (AvgIpc) is 2.43. The van der Waals surface area contributed by atoms with E-state index < -0.39 is 5.97 Å². The smallest absolute Gasteiger partial charge is 0.337 e. The Morgan fingerprint density at radius 2 is 1.86 bits per heavy atom. The highest BCUT2D eigenvalue weighted by molar-refractivity contribution is 5.90. The number of rotatable bonds is 4. The molecule has 0 amide bonds. The fourth-order valence-electron chi connectivity index (χ4n) is 2.63. The highest BCUT2D eigenvalue weighted by Crippen LogP contribution is 2.19. The molecule has 1 unspecified atom stereocenters. The summed E-state index contributed by atoms with van der Waals surface area (Å²) in [5.41, 5.74) is 2.21. The lowest BCUT2D eigenvalue weighted by Crippen LogP contribution is -2.27. The molecule has 0 bridgehead atoms. The van der Waals surface area contributed by atoms with Gasteiger partial charge < -0.3 is 9.67 Å². The molecule has 4 nitrogen and oxygen atoms in total. The zero-order valence-electron chi connectivity index (χ0n) is 12.5. The molecular formula is C17H19NO3. The van der Waals surface area contributed by atoms with E-state index in [0.717, 1.165) is 5.56 Å². The maximum Gasteiger partial charge on any atom is 0.337 e. The van der Waals surface area contributed by atoms with E-state index in [1.807, 2.05) is 37.3 Å². The summed E-state index contributed by atoms with van der Waals surface area (Å²) in [5.74, 6) is -0.863. The van der Waals surface area contributed by atoms with Crippen LogP contribution >= 0.6 is 0 Å². The maximum atomic E-state index is 12.2. The second-order valence-electron chi connectivity index (χ2n) is 5.35. The second-order valence-corrected chi connectivity index (χ2v) is 5.35. The van der Waals surface area contributed by atoms with E-state index >= 15 is 0 Å². The number of carboxylic acid groups (broad SMARTS) is 1. The van der Waals surface area contributed by atoms with Crippen molar-refractivity contribution in [1.29, 1.82) is 0 Å². The van der Waals surface area contributed by atoms with Gasteiger partial charge in [0.2, 0.25) is 0 Å². The third-order valence-electron chi connectivity index (χ3n) is 3.81. The SMILES string of the molecule is Cc1cc(=O)n(CC(C)c2ccccc2)c(C)c1C(=O)O. The van der Waals surface area contributed by atoms with Gasteiger partial charge >= 0.3 is 5.97 Å². The molecule has 21 heavy (non-hydrogen) atoms. The number of aryl methyl sites for hydroxylation is 1. The van der Waals surface area contributed by atoms with Crippen molar-refractivity contribution in [3.8, 4) is 0 Å². The Kier molecular flexibility index (Phi) is 4.26. The molecule has 0 spiro atoms. The van der Waals surface area contributed by atoms with Crippen LogP contribution < -0.4 is 5.56 Å². The van der Waals surface area contributed by atoms with Gasteiger partial charge in [-0.1, -0.05) is 37.3 Å². The largest absolute Gasteiger partial charge is 0.478 e. The van der Waals surface area contributed by atoms with E-state index in [1.54, 1.807) is 18.4 Å². The standard InChI is InChI=1S/C17H19NO3/c1-11-9-15(19)18(13(3)16(11)17(20)21)10-12(2)14-7-5-4-6-8-14/h4-9,12H,10H2,1-3H3,(H,20,21). The predicted molar refractivity (Wildman–Crippen MR) is 82.0 cm³/mol. The Morgan fingerprint density at radius 1 is 1.24 bits per heavy atom. The predicted octanol–water partition coefficient (Wildman–Crippen LogP) is 2.97. The first-order valence-electron chi connectivity index (χ1n) is 6.91. The van der Waals surface area contributed by atoms with E-state index in [4.69, 9.17) is 0 Å². The van der Waals surface area contributed by atoms with Crippen LogP contribution in [0.25, 0.3) is 0 Å². The molecule has 1 heterocycles. The monoisotopic (exact) mass is 285 g/mol. The van der Waals surface area contributed by atoms with Crippen LogP contribution in [-0.2, 0) is 6.54 Å². The van der Waals surface area contributed by atoms with Gasteiger partial charge in [-0.2, -0.15) is 0 Å². The Bertz CT molecular complexity index is 717. The minimum atomic E-state index is -0.994. The number of carboxylic acids is 1. The number of benzene rings is 1. The number of nitrogens with zero attached hydrogens (tertiary/aromatic N) is 1. The van der Waals surface area contributed by atoms with Crippen LogP contribution in [0.15, 0.2) is 41.2 Å². The van der Waals surface area contributed by atoms with Gasteiger partial charge in [-0.15, -0.1) is 0 Å². The molecule has 0 aliphatic heterocycles. The summed E-state index contributed by atoms with van der Waals surface area (Å²) in [6.07, 6.45) is 0. The summed E-state index contributed by atoms with van der Waals surface area (Å²) in [6, 6.07) is 11.3. The van der Waals surface area contributed by atoms with Gasteiger partial charge in [0.05, 0.1) is 5.56 Å². The van der Waals surface area contributed by atoms with Crippen molar-refractivity contribution < 1.29 is 9.90 Å². The zero-order chi connectivity index (χ0) is 15.6. The summed E-state index contributed by atoms with van der Waals surface area (Å²) in [7, 11) is 0. The van der Waals surface area contributed by atoms with E-state index in [2.05, 4.69) is 0 Å². The van der Waals surface area contributed by atoms with Crippen LogP contribution in [0.4, 0.5) is 0 Å². The molecular weight excluding hydrogens is 266 g/mol. The minimum absolute atomic E-state index is 0.131.